The van der Waals surface area contributed by atoms with Crippen LogP contribution < -0.4 is 0 Å². The predicted octanol–water partition coefficient (Wildman–Crippen LogP) is 1.91. The molecule has 0 aromatic heterocycles. The lowest BCUT2D eigenvalue weighted by Crippen LogP contribution is -2.50. The Bertz CT molecular complexity index is 285. The molecule has 6 heteroatoms. The summed E-state index contributed by atoms with van der Waals surface area (Å²) in [5, 5.41) is 17.5. The first-order valence-corrected chi connectivity index (χ1v) is 5.61. The number of hydrogen-bond donors (Lipinski definition) is 0. The molecule has 0 bridgehead atoms. The molecule has 1 heterocycles. The van der Waals surface area contributed by atoms with Gasteiger partial charge in [-0.1, -0.05) is 39.1 Å². The first kappa shape index (κ1) is 12.7. The second kappa shape index (κ2) is 4.67. The number of rotatable bonds is 4. The van der Waals surface area contributed by atoms with E-state index in [1.807, 2.05) is 25.8 Å². The highest BCUT2D eigenvalue weighted by Crippen LogP contribution is 2.30. The first-order valence-electron chi connectivity index (χ1n) is 5.61. The molecule has 0 aromatic carbocycles. The minimum atomic E-state index is -0.397. The molecule has 6 nitrogen and oxygen atoms in total. The van der Waals surface area contributed by atoms with Crippen LogP contribution in [0.4, 0.5) is 0 Å². The maximum atomic E-state index is 10.9. The van der Waals surface area contributed by atoms with E-state index in [0.29, 0.717) is 0 Å². The van der Waals surface area contributed by atoms with Gasteiger partial charge in [0.2, 0.25) is 0 Å². The Labute approximate surface area is 96.0 Å². The van der Waals surface area contributed by atoms with Crippen molar-refractivity contribution in [3.63, 3.8) is 0 Å². The lowest BCUT2D eigenvalue weighted by atomic mass is 9.91. The molecule has 0 saturated carbocycles. The number of hydrazone groups is 1. The fourth-order valence-electron chi connectivity index (χ4n) is 1.86. The van der Waals surface area contributed by atoms with E-state index in [1.165, 1.54) is 6.34 Å². The summed E-state index contributed by atoms with van der Waals surface area (Å²) in [7, 11) is 0. The van der Waals surface area contributed by atoms with Crippen molar-refractivity contribution in [2.24, 2.45) is 10.5 Å². The van der Waals surface area contributed by atoms with Crippen LogP contribution in [0.5, 0.6) is 0 Å². The second-order valence-corrected chi connectivity index (χ2v) is 5.11. The summed E-state index contributed by atoms with van der Waals surface area (Å²) < 4.78 is 0. The van der Waals surface area contributed by atoms with Gasteiger partial charge >= 0.3 is 0 Å². The summed E-state index contributed by atoms with van der Waals surface area (Å²) in [5.74, 6) is 0. The monoisotopic (exact) mass is 228 g/mol. The molecule has 0 amide bonds. The molecule has 16 heavy (non-hydrogen) atoms. The van der Waals surface area contributed by atoms with Crippen molar-refractivity contribution in [3.8, 4) is 0 Å². The van der Waals surface area contributed by atoms with Crippen LogP contribution in [0, 0.1) is 15.5 Å². The van der Waals surface area contributed by atoms with Crippen molar-refractivity contribution < 1.29 is 5.03 Å². The second-order valence-electron chi connectivity index (χ2n) is 5.11. The molecule has 0 fully saturated rings. The van der Waals surface area contributed by atoms with Crippen LogP contribution in [0.1, 0.15) is 40.5 Å². The smallest absolute Gasteiger partial charge is 0.187 e. The van der Waals surface area contributed by atoms with Crippen LogP contribution >= 0.6 is 0 Å². The lowest BCUT2D eigenvalue weighted by Gasteiger charge is -2.34. The third kappa shape index (κ3) is 2.62. The molecule has 1 unspecified atom stereocenters. The van der Waals surface area contributed by atoms with Gasteiger partial charge in [-0.05, 0) is 6.42 Å². The van der Waals surface area contributed by atoms with Gasteiger partial charge in [0, 0.05) is 12.0 Å². The van der Waals surface area contributed by atoms with Gasteiger partial charge in [-0.2, -0.15) is 5.10 Å². The van der Waals surface area contributed by atoms with Gasteiger partial charge < -0.3 is 0 Å². The molecule has 0 saturated heterocycles. The van der Waals surface area contributed by atoms with E-state index in [-0.39, 0.29) is 11.6 Å². The van der Waals surface area contributed by atoms with Crippen molar-refractivity contribution in [2.75, 3.05) is 6.54 Å². The molecule has 1 atom stereocenters. The maximum absolute atomic E-state index is 10.9. The molecule has 1 aliphatic heterocycles. The molecular formula is C10H20N4O2. The average molecular weight is 228 g/mol. The molecule has 0 aliphatic carbocycles. The normalized spacial score (nSPS) is 20.6. The van der Waals surface area contributed by atoms with Crippen molar-refractivity contribution in [1.82, 2.24) is 10.0 Å². The maximum Gasteiger partial charge on any atom is 0.187 e. The fraction of sp³-hybridized carbons (Fsp3) is 0.900. The van der Waals surface area contributed by atoms with Gasteiger partial charge in [-0.3, -0.25) is 5.01 Å². The number of unbranched alkanes of at least 4 members (excludes halogenated alkanes) is 1. The van der Waals surface area contributed by atoms with E-state index in [0.717, 1.165) is 24.4 Å². The van der Waals surface area contributed by atoms with E-state index in [1.54, 1.807) is 0 Å². The minimum absolute atomic E-state index is 0.211. The highest BCUT2D eigenvalue weighted by Gasteiger charge is 2.43. The van der Waals surface area contributed by atoms with Gasteiger partial charge in [-0.25, -0.2) is 10.1 Å². The number of hydrazine groups is 1. The molecule has 1 aliphatic rings. The third-order valence-corrected chi connectivity index (χ3v) is 2.56. The molecule has 0 N–H and O–H groups in total. The Morgan fingerprint density at radius 3 is 2.56 bits per heavy atom. The minimum Gasteiger partial charge on any atom is -0.266 e. The zero-order chi connectivity index (χ0) is 12.3. The third-order valence-electron chi connectivity index (χ3n) is 2.56. The van der Waals surface area contributed by atoms with Gasteiger partial charge in [0.25, 0.3) is 0 Å². The van der Waals surface area contributed by atoms with E-state index in [9.17, 15) is 10.1 Å². The van der Waals surface area contributed by atoms with E-state index >= 15 is 0 Å². The Kier molecular flexibility index (Phi) is 3.72. The summed E-state index contributed by atoms with van der Waals surface area (Å²) in [6.45, 7) is 8.82. The molecule has 1 rings (SSSR count). The van der Waals surface area contributed by atoms with Gasteiger partial charge in [0.05, 0.1) is 0 Å². The fourth-order valence-corrected chi connectivity index (χ4v) is 1.86. The highest BCUT2D eigenvalue weighted by molar-refractivity contribution is 5.55. The van der Waals surface area contributed by atoms with Crippen LogP contribution in [0.2, 0.25) is 0 Å². The molecule has 0 radical (unpaired) electrons. The van der Waals surface area contributed by atoms with Crippen LogP contribution in [-0.4, -0.2) is 34.1 Å². The van der Waals surface area contributed by atoms with Crippen molar-refractivity contribution in [2.45, 2.75) is 46.7 Å². The standard InChI is InChI=1S/C10H20N4O2/c1-5-6-7-12-9(10(2,3)4)13(8-11-12)14(15)16/h8-9H,5-7H2,1-4H3. The summed E-state index contributed by atoms with van der Waals surface area (Å²) >= 11 is 0. The summed E-state index contributed by atoms with van der Waals surface area (Å²) in [6.07, 6.45) is 3.07. The van der Waals surface area contributed by atoms with E-state index in [4.69, 9.17) is 0 Å². The number of hydrogen-bond acceptors (Lipinski definition) is 4. The summed E-state index contributed by atoms with van der Waals surface area (Å²) in [5.41, 5.74) is -0.211. The Balaban J connectivity index is 2.80. The van der Waals surface area contributed by atoms with E-state index < -0.39 is 5.03 Å². The Morgan fingerprint density at radius 2 is 2.12 bits per heavy atom. The molecule has 0 spiro atoms. The van der Waals surface area contributed by atoms with Gasteiger partial charge in [0.15, 0.2) is 17.5 Å². The van der Waals surface area contributed by atoms with Crippen LogP contribution in [0.25, 0.3) is 0 Å². The van der Waals surface area contributed by atoms with Crippen molar-refractivity contribution in [1.29, 1.82) is 0 Å². The zero-order valence-electron chi connectivity index (χ0n) is 10.4. The van der Waals surface area contributed by atoms with Gasteiger partial charge in [-0.15, -0.1) is 0 Å². The SMILES string of the molecule is CCCCN1N=CN([N+](=O)[O-])C1C(C)(C)C. The number of nitro groups is 1. The first-order chi connectivity index (χ1) is 7.38. The zero-order valence-corrected chi connectivity index (χ0v) is 10.4. The highest BCUT2D eigenvalue weighted by atomic mass is 16.7. The number of nitrogens with zero attached hydrogens (tertiary/aromatic N) is 4. The lowest BCUT2D eigenvalue weighted by molar-refractivity contribution is -0.642. The quantitative estimate of drug-likeness (QED) is 0.544. The van der Waals surface area contributed by atoms with Crippen molar-refractivity contribution >= 4 is 6.34 Å². The van der Waals surface area contributed by atoms with Gasteiger partial charge in [0.1, 0.15) is 0 Å². The van der Waals surface area contributed by atoms with Crippen molar-refractivity contribution in [3.05, 3.63) is 10.1 Å². The molecular weight excluding hydrogens is 208 g/mol. The van der Waals surface area contributed by atoms with E-state index in [2.05, 4.69) is 12.0 Å². The topological polar surface area (TPSA) is 62.0 Å². The summed E-state index contributed by atoms with van der Waals surface area (Å²) in [6, 6.07) is 0. The predicted molar refractivity (Wildman–Crippen MR) is 62.2 cm³/mol. The molecule has 0 aromatic rings. The van der Waals surface area contributed by atoms with Crippen LogP contribution in [0.3, 0.4) is 0 Å². The average Bonchev–Trinajstić information content (AvgIpc) is 2.57. The Morgan fingerprint density at radius 1 is 1.50 bits per heavy atom. The Hall–Kier alpha value is -1.33. The molecule has 92 valence electrons. The van der Waals surface area contributed by atoms with Crippen LogP contribution in [-0.2, 0) is 0 Å². The largest absolute Gasteiger partial charge is 0.266 e. The van der Waals surface area contributed by atoms with Crippen LogP contribution in [0.15, 0.2) is 5.10 Å². The summed E-state index contributed by atoms with van der Waals surface area (Å²) in [4.78, 5) is 10.9.